The highest BCUT2D eigenvalue weighted by Gasteiger charge is 2.17. The second kappa shape index (κ2) is 14.3. The van der Waals surface area contributed by atoms with Gasteiger partial charge in [-0.25, -0.2) is 0 Å². The zero-order chi connectivity index (χ0) is 36.4. The SMILES string of the molecule is C=C1/C=C\C=C/C/C(c2cccc(N(c3ccccc3)c3ccc(-c4ccc5ccc6oc7ccccc7c6c5c4C)cc3)c2)=C\C=C/1c1ccccc1. The molecule has 2 nitrogen and oxygen atoms in total. The Hall–Kier alpha value is -6.90. The maximum absolute atomic E-state index is 6.26. The number of anilines is 3. The molecule has 2 heteroatoms. The van der Waals surface area contributed by atoms with Gasteiger partial charge in [0.05, 0.1) is 0 Å². The molecule has 1 aromatic heterocycles. The van der Waals surface area contributed by atoms with Gasteiger partial charge in [0, 0.05) is 27.8 Å². The number of allylic oxidation sites excluding steroid dienone is 9. The summed E-state index contributed by atoms with van der Waals surface area (Å²) < 4.78 is 6.26. The van der Waals surface area contributed by atoms with Crippen LogP contribution in [0.2, 0.25) is 0 Å². The Balaban J connectivity index is 1.11. The molecule has 7 aromatic carbocycles. The fourth-order valence-corrected chi connectivity index (χ4v) is 7.79. The molecule has 0 spiro atoms. The summed E-state index contributed by atoms with van der Waals surface area (Å²) in [6.07, 6.45) is 13.8. The smallest absolute Gasteiger partial charge is 0.136 e. The van der Waals surface area contributed by atoms with Crippen LogP contribution in [-0.2, 0) is 0 Å². The normalized spacial score (nSPS) is 16.4. The third-order valence-corrected chi connectivity index (χ3v) is 10.5. The van der Waals surface area contributed by atoms with Crippen LogP contribution in [0.4, 0.5) is 17.1 Å². The first-order chi connectivity index (χ1) is 26.6. The van der Waals surface area contributed by atoms with Crippen LogP contribution in [0.15, 0.2) is 211 Å². The molecule has 1 aliphatic carbocycles. The third kappa shape index (κ3) is 6.18. The number of para-hydroxylation sites is 2. The summed E-state index contributed by atoms with van der Waals surface area (Å²) in [5.41, 5.74) is 14.5. The van der Waals surface area contributed by atoms with E-state index in [1.807, 2.05) is 6.07 Å². The highest BCUT2D eigenvalue weighted by Crippen LogP contribution is 2.41. The maximum Gasteiger partial charge on any atom is 0.136 e. The van der Waals surface area contributed by atoms with Gasteiger partial charge in [-0.2, -0.15) is 0 Å². The largest absolute Gasteiger partial charge is 0.456 e. The van der Waals surface area contributed by atoms with E-state index in [9.17, 15) is 0 Å². The molecule has 0 fully saturated rings. The monoisotopic (exact) mass is 693 g/mol. The zero-order valence-corrected chi connectivity index (χ0v) is 30.2. The lowest BCUT2D eigenvalue weighted by molar-refractivity contribution is 0.669. The number of fused-ring (bicyclic) bond motifs is 5. The van der Waals surface area contributed by atoms with Gasteiger partial charge in [0.1, 0.15) is 11.2 Å². The third-order valence-electron chi connectivity index (χ3n) is 10.5. The molecule has 9 rings (SSSR count). The summed E-state index contributed by atoms with van der Waals surface area (Å²) in [6.45, 7) is 6.62. The highest BCUT2D eigenvalue weighted by molar-refractivity contribution is 6.20. The summed E-state index contributed by atoms with van der Waals surface area (Å²) in [4.78, 5) is 2.34. The van der Waals surface area contributed by atoms with Gasteiger partial charge in [-0.05, 0) is 117 Å². The van der Waals surface area contributed by atoms with Crippen LogP contribution in [0.1, 0.15) is 23.1 Å². The molecule has 0 aliphatic heterocycles. The van der Waals surface area contributed by atoms with E-state index >= 15 is 0 Å². The summed E-state index contributed by atoms with van der Waals surface area (Å²) in [5, 5.41) is 4.80. The Morgan fingerprint density at radius 1 is 0.556 bits per heavy atom. The topological polar surface area (TPSA) is 16.4 Å². The Morgan fingerprint density at radius 2 is 1.26 bits per heavy atom. The van der Waals surface area contributed by atoms with E-state index in [1.165, 1.54) is 44.0 Å². The van der Waals surface area contributed by atoms with Crippen LogP contribution < -0.4 is 4.90 Å². The van der Waals surface area contributed by atoms with Crippen LogP contribution in [0.25, 0.3) is 55.0 Å². The van der Waals surface area contributed by atoms with Crippen molar-refractivity contribution < 1.29 is 4.42 Å². The van der Waals surface area contributed by atoms with Crippen LogP contribution >= 0.6 is 0 Å². The molecule has 0 atom stereocenters. The predicted molar refractivity (Wildman–Crippen MR) is 231 cm³/mol. The van der Waals surface area contributed by atoms with E-state index in [0.29, 0.717) is 0 Å². The van der Waals surface area contributed by atoms with Gasteiger partial charge in [-0.1, -0.05) is 152 Å². The van der Waals surface area contributed by atoms with Gasteiger partial charge in [0.25, 0.3) is 0 Å². The van der Waals surface area contributed by atoms with Crippen molar-refractivity contribution >= 4 is 60.9 Å². The van der Waals surface area contributed by atoms with Crippen molar-refractivity contribution in [1.29, 1.82) is 0 Å². The molecule has 0 amide bonds. The molecule has 8 aromatic rings. The molecule has 1 heterocycles. The molecule has 0 saturated heterocycles. The maximum atomic E-state index is 6.26. The molecule has 0 radical (unpaired) electrons. The number of benzene rings is 7. The molecular formula is C52H39NO. The lowest BCUT2D eigenvalue weighted by atomic mass is 9.92. The van der Waals surface area contributed by atoms with E-state index in [2.05, 4.69) is 207 Å². The van der Waals surface area contributed by atoms with Crippen molar-refractivity contribution in [2.75, 3.05) is 4.90 Å². The number of rotatable bonds is 6. The van der Waals surface area contributed by atoms with Gasteiger partial charge >= 0.3 is 0 Å². The number of nitrogens with zero attached hydrogens (tertiary/aromatic N) is 1. The minimum absolute atomic E-state index is 0.810. The number of aryl methyl sites for hydroxylation is 1. The minimum Gasteiger partial charge on any atom is -0.456 e. The van der Waals surface area contributed by atoms with E-state index < -0.39 is 0 Å². The van der Waals surface area contributed by atoms with Gasteiger partial charge in [-0.15, -0.1) is 0 Å². The summed E-state index contributed by atoms with van der Waals surface area (Å²) in [7, 11) is 0. The first-order valence-corrected chi connectivity index (χ1v) is 18.5. The van der Waals surface area contributed by atoms with E-state index in [1.54, 1.807) is 0 Å². The standard InChI is InChI=1S/C52H39NO/c1-36-15-6-3-7-16-38(27-32-46(36)39-17-8-4-9-18-39)42-19-14-22-45(35-42)53(43-20-10-5-11-21-43)44-30-25-40(26-31-44)47-33-28-41-29-34-50-52(51(41)37(47)2)48-23-12-13-24-49(48)54-50/h3-15,17-35H,1,16H2,2H3/b7-3-,15-6-,38-27+,46-32+. The average molecular weight is 694 g/mol. The second-order valence-corrected chi connectivity index (χ2v) is 13.8. The van der Waals surface area contributed by atoms with Crippen molar-refractivity contribution in [1.82, 2.24) is 0 Å². The van der Waals surface area contributed by atoms with Gasteiger partial charge in [0.15, 0.2) is 0 Å². The molecule has 1 aliphatic rings. The van der Waals surface area contributed by atoms with Crippen molar-refractivity contribution in [3.05, 3.63) is 223 Å². The van der Waals surface area contributed by atoms with Gasteiger partial charge in [-0.3, -0.25) is 0 Å². The lowest BCUT2D eigenvalue weighted by Crippen LogP contribution is -2.10. The first-order valence-electron chi connectivity index (χ1n) is 18.5. The Kier molecular flexibility index (Phi) is 8.70. The minimum atomic E-state index is 0.810. The van der Waals surface area contributed by atoms with Crippen molar-refractivity contribution in [2.24, 2.45) is 0 Å². The van der Waals surface area contributed by atoms with Crippen LogP contribution in [0, 0.1) is 6.92 Å². The average Bonchev–Trinajstić information content (AvgIpc) is 3.60. The molecule has 0 N–H and O–H groups in total. The van der Waals surface area contributed by atoms with E-state index in [-0.39, 0.29) is 0 Å². The van der Waals surface area contributed by atoms with Crippen molar-refractivity contribution in [3.8, 4) is 11.1 Å². The van der Waals surface area contributed by atoms with Crippen molar-refractivity contribution in [3.63, 3.8) is 0 Å². The van der Waals surface area contributed by atoms with Crippen LogP contribution in [0.5, 0.6) is 0 Å². The quantitative estimate of drug-likeness (QED) is 0.172. The number of hydrogen-bond acceptors (Lipinski definition) is 2. The Bertz CT molecular complexity index is 2790. The summed E-state index contributed by atoms with van der Waals surface area (Å²) in [5.74, 6) is 0. The molecule has 258 valence electrons. The number of hydrogen-bond donors (Lipinski definition) is 0. The number of furan rings is 1. The molecular weight excluding hydrogens is 655 g/mol. The highest BCUT2D eigenvalue weighted by atomic mass is 16.3. The first kappa shape index (κ1) is 33.0. The van der Waals surface area contributed by atoms with Crippen molar-refractivity contribution in [2.45, 2.75) is 13.3 Å². The molecule has 0 bridgehead atoms. The van der Waals surface area contributed by atoms with Gasteiger partial charge in [0.2, 0.25) is 0 Å². The Morgan fingerprint density at radius 3 is 2.09 bits per heavy atom. The molecule has 0 saturated carbocycles. The zero-order valence-electron chi connectivity index (χ0n) is 30.2. The molecule has 0 unspecified atom stereocenters. The summed E-state index contributed by atoms with van der Waals surface area (Å²) in [6, 6.07) is 56.1. The second-order valence-electron chi connectivity index (χ2n) is 13.8. The fourth-order valence-electron chi connectivity index (χ4n) is 7.79. The molecule has 54 heavy (non-hydrogen) atoms. The fraction of sp³-hybridized carbons (Fsp3) is 0.0385. The van der Waals surface area contributed by atoms with Gasteiger partial charge < -0.3 is 9.32 Å². The van der Waals surface area contributed by atoms with E-state index in [0.717, 1.165) is 56.7 Å². The predicted octanol–water partition coefficient (Wildman–Crippen LogP) is 14.7. The van der Waals surface area contributed by atoms with E-state index in [4.69, 9.17) is 4.42 Å². The Labute approximate surface area is 316 Å². The summed E-state index contributed by atoms with van der Waals surface area (Å²) >= 11 is 0. The lowest BCUT2D eigenvalue weighted by Gasteiger charge is -2.26. The van der Waals surface area contributed by atoms with Crippen LogP contribution in [-0.4, -0.2) is 0 Å². The van der Waals surface area contributed by atoms with Crippen LogP contribution in [0.3, 0.4) is 0 Å².